The Morgan fingerprint density at radius 2 is 2.11 bits per heavy atom. The lowest BCUT2D eigenvalue weighted by molar-refractivity contribution is -0.143. The molecule has 0 bridgehead atoms. The SMILES string of the molecule is COc1cccc(C(=O)N(C)C(CO)C(=O)O)c1. The zero-order valence-electron chi connectivity index (χ0n) is 10.2. The number of carboxylic acid groups (broad SMARTS) is 1. The monoisotopic (exact) mass is 253 g/mol. The summed E-state index contributed by atoms with van der Waals surface area (Å²) in [7, 11) is 2.80. The molecule has 6 nitrogen and oxygen atoms in total. The van der Waals surface area contributed by atoms with Crippen molar-refractivity contribution in [1.82, 2.24) is 4.90 Å². The molecule has 0 aliphatic rings. The van der Waals surface area contributed by atoms with Gasteiger partial charge in [-0.25, -0.2) is 4.79 Å². The molecule has 0 saturated heterocycles. The van der Waals surface area contributed by atoms with Gasteiger partial charge in [-0.3, -0.25) is 4.79 Å². The van der Waals surface area contributed by atoms with Gasteiger partial charge >= 0.3 is 5.97 Å². The molecule has 0 fully saturated rings. The van der Waals surface area contributed by atoms with E-state index in [0.29, 0.717) is 11.3 Å². The molecular formula is C12H15NO5. The van der Waals surface area contributed by atoms with E-state index >= 15 is 0 Å². The largest absolute Gasteiger partial charge is 0.497 e. The molecule has 0 saturated carbocycles. The molecule has 0 radical (unpaired) electrons. The fraction of sp³-hybridized carbons (Fsp3) is 0.333. The van der Waals surface area contributed by atoms with Crippen molar-refractivity contribution in [2.24, 2.45) is 0 Å². The summed E-state index contributed by atoms with van der Waals surface area (Å²) in [5, 5.41) is 17.8. The third-order valence-electron chi connectivity index (χ3n) is 2.56. The molecule has 0 spiro atoms. The predicted molar refractivity (Wildman–Crippen MR) is 63.6 cm³/mol. The maximum Gasteiger partial charge on any atom is 0.328 e. The molecule has 0 aliphatic heterocycles. The highest BCUT2D eigenvalue weighted by molar-refractivity contribution is 5.96. The first-order valence-corrected chi connectivity index (χ1v) is 5.26. The average molecular weight is 253 g/mol. The van der Waals surface area contributed by atoms with Gasteiger partial charge in [0.25, 0.3) is 5.91 Å². The molecule has 0 aliphatic carbocycles. The Kier molecular flexibility index (Phi) is 4.67. The van der Waals surface area contributed by atoms with Crippen LogP contribution in [0.2, 0.25) is 0 Å². The van der Waals surface area contributed by atoms with Gasteiger partial charge in [0.2, 0.25) is 0 Å². The van der Waals surface area contributed by atoms with E-state index in [1.807, 2.05) is 0 Å². The van der Waals surface area contributed by atoms with Gasteiger partial charge in [-0.1, -0.05) is 6.07 Å². The number of aliphatic hydroxyl groups is 1. The maximum atomic E-state index is 12.0. The third kappa shape index (κ3) is 2.98. The number of aliphatic hydroxyl groups excluding tert-OH is 1. The molecule has 0 aromatic heterocycles. The van der Waals surface area contributed by atoms with Crippen LogP contribution in [0.25, 0.3) is 0 Å². The van der Waals surface area contributed by atoms with Crippen LogP contribution in [0.4, 0.5) is 0 Å². The van der Waals surface area contributed by atoms with Gasteiger partial charge in [0.1, 0.15) is 5.75 Å². The van der Waals surface area contributed by atoms with Crippen molar-refractivity contribution in [3.8, 4) is 5.75 Å². The van der Waals surface area contributed by atoms with Crippen LogP contribution < -0.4 is 4.74 Å². The summed E-state index contributed by atoms with van der Waals surface area (Å²) in [6.07, 6.45) is 0. The van der Waals surface area contributed by atoms with Crippen molar-refractivity contribution >= 4 is 11.9 Å². The summed E-state index contributed by atoms with van der Waals surface area (Å²) >= 11 is 0. The minimum atomic E-state index is -1.26. The van der Waals surface area contributed by atoms with Gasteiger partial charge in [-0.2, -0.15) is 0 Å². The molecule has 1 aromatic rings. The van der Waals surface area contributed by atoms with Crippen LogP contribution in [0.5, 0.6) is 5.75 Å². The lowest BCUT2D eigenvalue weighted by Gasteiger charge is -2.23. The number of nitrogens with zero attached hydrogens (tertiary/aromatic N) is 1. The Morgan fingerprint density at radius 1 is 1.44 bits per heavy atom. The van der Waals surface area contributed by atoms with Crippen molar-refractivity contribution in [3.05, 3.63) is 29.8 Å². The van der Waals surface area contributed by atoms with E-state index in [-0.39, 0.29) is 0 Å². The molecule has 1 atom stereocenters. The van der Waals surface area contributed by atoms with E-state index in [2.05, 4.69) is 0 Å². The molecular weight excluding hydrogens is 238 g/mol. The average Bonchev–Trinajstić information content (AvgIpc) is 2.38. The van der Waals surface area contributed by atoms with Crippen molar-refractivity contribution in [3.63, 3.8) is 0 Å². The molecule has 1 amide bonds. The molecule has 98 valence electrons. The summed E-state index contributed by atoms with van der Waals surface area (Å²) in [5.41, 5.74) is 0.302. The van der Waals surface area contributed by atoms with Crippen LogP contribution in [0.1, 0.15) is 10.4 Å². The topological polar surface area (TPSA) is 87.1 Å². The number of carbonyl (C=O) groups is 2. The van der Waals surface area contributed by atoms with Crippen molar-refractivity contribution in [1.29, 1.82) is 0 Å². The lowest BCUT2D eigenvalue weighted by Crippen LogP contribution is -2.44. The number of carboxylic acids is 1. The van der Waals surface area contributed by atoms with Gasteiger partial charge in [0.15, 0.2) is 6.04 Å². The van der Waals surface area contributed by atoms with Gasteiger partial charge < -0.3 is 19.8 Å². The number of ether oxygens (including phenoxy) is 1. The Morgan fingerprint density at radius 3 is 2.61 bits per heavy atom. The highest BCUT2D eigenvalue weighted by atomic mass is 16.5. The fourth-order valence-corrected chi connectivity index (χ4v) is 1.47. The van der Waals surface area contributed by atoms with Crippen LogP contribution in [0.3, 0.4) is 0 Å². The van der Waals surface area contributed by atoms with Crippen molar-refractivity contribution in [2.45, 2.75) is 6.04 Å². The van der Waals surface area contributed by atoms with Gasteiger partial charge in [0, 0.05) is 12.6 Å². The molecule has 1 rings (SSSR count). The van der Waals surface area contributed by atoms with Crippen LogP contribution in [0, 0.1) is 0 Å². The van der Waals surface area contributed by atoms with Crippen LogP contribution in [0.15, 0.2) is 24.3 Å². The van der Waals surface area contributed by atoms with Crippen LogP contribution in [-0.4, -0.2) is 53.8 Å². The number of benzene rings is 1. The summed E-state index contributed by atoms with van der Waals surface area (Å²) in [6.45, 7) is -0.637. The maximum absolute atomic E-state index is 12.0. The van der Waals surface area contributed by atoms with Crippen molar-refractivity contribution in [2.75, 3.05) is 20.8 Å². The van der Waals surface area contributed by atoms with E-state index in [1.165, 1.54) is 20.2 Å². The molecule has 2 N–H and O–H groups in total. The van der Waals surface area contributed by atoms with E-state index in [1.54, 1.807) is 18.2 Å². The Labute approximate surface area is 104 Å². The summed E-state index contributed by atoms with van der Waals surface area (Å²) in [6, 6.07) is 5.11. The van der Waals surface area contributed by atoms with E-state index in [9.17, 15) is 9.59 Å². The molecule has 6 heteroatoms. The molecule has 0 heterocycles. The Bertz CT molecular complexity index is 446. The minimum Gasteiger partial charge on any atom is -0.497 e. The first-order chi connectivity index (χ1) is 8.51. The number of likely N-dealkylation sites (N-methyl/N-ethyl adjacent to an activating group) is 1. The van der Waals surface area contributed by atoms with Crippen molar-refractivity contribution < 1.29 is 24.5 Å². The Hall–Kier alpha value is -2.08. The second kappa shape index (κ2) is 6.02. The minimum absolute atomic E-state index is 0.302. The first-order valence-electron chi connectivity index (χ1n) is 5.26. The number of rotatable bonds is 5. The highest BCUT2D eigenvalue weighted by Gasteiger charge is 2.26. The van der Waals surface area contributed by atoms with Gasteiger partial charge in [-0.15, -0.1) is 0 Å². The summed E-state index contributed by atoms with van der Waals surface area (Å²) < 4.78 is 4.98. The number of amides is 1. The molecule has 1 aromatic carbocycles. The molecule has 18 heavy (non-hydrogen) atoms. The van der Waals surface area contributed by atoms with Gasteiger partial charge in [0.05, 0.1) is 13.7 Å². The van der Waals surface area contributed by atoms with E-state index in [4.69, 9.17) is 14.9 Å². The standard InChI is InChI=1S/C12H15NO5/c1-13(10(7-14)12(16)17)11(15)8-4-3-5-9(6-8)18-2/h3-6,10,14H,7H2,1-2H3,(H,16,17). The smallest absolute Gasteiger partial charge is 0.328 e. The zero-order chi connectivity index (χ0) is 13.7. The second-order valence-electron chi connectivity index (χ2n) is 3.68. The zero-order valence-corrected chi connectivity index (χ0v) is 10.2. The third-order valence-corrected chi connectivity index (χ3v) is 2.56. The van der Waals surface area contributed by atoms with Crippen LogP contribution in [-0.2, 0) is 4.79 Å². The number of carbonyl (C=O) groups excluding carboxylic acids is 1. The second-order valence-corrected chi connectivity index (χ2v) is 3.68. The number of aliphatic carboxylic acids is 1. The normalized spacial score (nSPS) is 11.7. The van der Waals surface area contributed by atoms with E-state index < -0.39 is 24.5 Å². The fourth-order valence-electron chi connectivity index (χ4n) is 1.47. The number of methoxy groups -OCH3 is 1. The number of hydrogen-bond donors (Lipinski definition) is 2. The summed E-state index contributed by atoms with van der Waals surface area (Å²) in [5.74, 6) is -1.24. The van der Waals surface area contributed by atoms with Gasteiger partial charge in [-0.05, 0) is 18.2 Å². The lowest BCUT2D eigenvalue weighted by atomic mass is 10.1. The first kappa shape index (κ1) is 14.0. The quantitative estimate of drug-likeness (QED) is 0.783. The predicted octanol–water partition coefficient (Wildman–Crippen LogP) is 0.213. The van der Waals surface area contributed by atoms with E-state index in [0.717, 1.165) is 4.90 Å². The summed E-state index contributed by atoms with van der Waals surface area (Å²) in [4.78, 5) is 23.8. The Balaban J connectivity index is 2.95. The number of hydrogen-bond acceptors (Lipinski definition) is 4. The molecule has 1 unspecified atom stereocenters. The van der Waals surface area contributed by atoms with Crippen LogP contribution >= 0.6 is 0 Å². The highest BCUT2D eigenvalue weighted by Crippen LogP contribution is 2.15.